The number of carbonyl (C=O) groups excluding carboxylic acids is 1. The van der Waals surface area contributed by atoms with Gasteiger partial charge in [-0.15, -0.1) is 11.3 Å². The number of amides is 1. The van der Waals surface area contributed by atoms with E-state index in [0.29, 0.717) is 12.3 Å². The van der Waals surface area contributed by atoms with Crippen LogP contribution in [-0.4, -0.2) is 10.9 Å². The molecule has 0 atom stereocenters. The number of carbonyl (C=O) groups is 1. The Bertz CT molecular complexity index is 560. The first-order chi connectivity index (χ1) is 8.54. The molecule has 96 valence electrons. The third kappa shape index (κ3) is 3.29. The Morgan fingerprint density at radius 3 is 2.94 bits per heavy atom. The van der Waals surface area contributed by atoms with Crippen LogP contribution in [-0.2, 0) is 4.79 Å². The third-order valence-corrected chi connectivity index (χ3v) is 3.66. The number of rotatable bonds is 4. The Morgan fingerprint density at radius 1 is 1.44 bits per heavy atom. The molecule has 1 heterocycles. The Hall–Kier alpha value is -1.42. The van der Waals surface area contributed by atoms with Gasteiger partial charge < -0.3 is 5.32 Å². The number of nitrogens with one attached hydrogen (secondary N) is 1. The van der Waals surface area contributed by atoms with E-state index in [1.54, 1.807) is 11.3 Å². The Labute approximate surface area is 111 Å². The highest BCUT2D eigenvalue weighted by molar-refractivity contribution is 7.18. The van der Waals surface area contributed by atoms with Crippen LogP contribution in [0.25, 0.3) is 10.2 Å². The van der Waals surface area contributed by atoms with Crippen LogP contribution in [0.4, 0.5) is 5.69 Å². The van der Waals surface area contributed by atoms with Gasteiger partial charge in [0.2, 0.25) is 5.91 Å². The first-order valence-corrected chi connectivity index (χ1v) is 7.03. The molecule has 0 radical (unpaired) electrons. The van der Waals surface area contributed by atoms with E-state index in [1.807, 2.05) is 25.1 Å². The SMILES string of the molecule is Cc1nc2ccc(NC(=O)CCC(C)C)cc2s1. The molecule has 0 unspecified atom stereocenters. The molecule has 4 heteroatoms. The molecule has 0 spiro atoms. The molecule has 18 heavy (non-hydrogen) atoms. The zero-order valence-corrected chi connectivity index (χ0v) is 11.8. The quantitative estimate of drug-likeness (QED) is 0.905. The summed E-state index contributed by atoms with van der Waals surface area (Å²) in [6.45, 7) is 6.24. The number of thiazole rings is 1. The van der Waals surface area contributed by atoms with E-state index in [0.717, 1.165) is 27.3 Å². The van der Waals surface area contributed by atoms with Crippen LogP contribution in [0.5, 0.6) is 0 Å². The monoisotopic (exact) mass is 262 g/mol. The van der Waals surface area contributed by atoms with Gasteiger partial charge in [0.05, 0.1) is 15.2 Å². The van der Waals surface area contributed by atoms with Crippen molar-refractivity contribution in [2.75, 3.05) is 5.32 Å². The maximum Gasteiger partial charge on any atom is 0.224 e. The highest BCUT2D eigenvalue weighted by atomic mass is 32.1. The molecule has 0 aliphatic carbocycles. The molecular formula is C14H18N2OS. The maximum atomic E-state index is 11.7. The number of fused-ring (bicyclic) bond motifs is 1. The maximum absolute atomic E-state index is 11.7. The lowest BCUT2D eigenvalue weighted by atomic mass is 10.1. The van der Waals surface area contributed by atoms with Crippen LogP contribution in [0.2, 0.25) is 0 Å². The lowest BCUT2D eigenvalue weighted by Gasteiger charge is -2.06. The summed E-state index contributed by atoms with van der Waals surface area (Å²) in [4.78, 5) is 16.1. The average Bonchev–Trinajstić information content (AvgIpc) is 2.66. The fourth-order valence-corrected chi connectivity index (χ4v) is 2.63. The van der Waals surface area contributed by atoms with Gasteiger partial charge in [-0.1, -0.05) is 13.8 Å². The number of aromatic nitrogens is 1. The molecule has 1 aromatic carbocycles. The van der Waals surface area contributed by atoms with Gasteiger partial charge in [-0.25, -0.2) is 4.98 Å². The Kier molecular flexibility index (Phi) is 3.97. The van der Waals surface area contributed by atoms with E-state index >= 15 is 0 Å². The van der Waals surface area contributed by atoms with Crippen LogP contribution < -0.4 is 5.32 Å². The second kappa shape index (κ2) is 5.48. The van der Waals surface area contributed by atoms with Gasteiger partial charge in [0.15, 0.2) is 0 Å². The highest BCUT2D eigenvalue weighted by Crippen LogP contribution is 2.24. The van der Waals surface area contributed by atoms with Crippen LogP contribution in [0.1, 0.15) is 31.7 Å². The first-order valence-electron chi connectivity index (χ1n) is 6.21. The Morgan fingerprint density at radius 2 is 2.22 bits per heavy atom. The molecule has 2 aromatic rings. The molecule has 1 aromatic heterocycles. The summed E-state index contributed by atoms with van der Waals surface area (Å²) in [5, 5.41) is 3.99. The van der Waals surface area contributed by atoms with Crippen LogP contribution in [0.3, 0.4) is 0 Å². The zero-order chi connectivity index (χ0) is 13.1. The minimum atomic E-state index is 0.0873. The summed E-state index contributed by atoms with van der Waals surface area (Å²) >= 11 is 1.65. The minimum absolute atomic E-state index is 0.0873. The third-order valence-electron chi connectivity index (χ3n) is 2.73. The summed E-state index contributed by atoms with van der Waals surface area (Å²) in [6.07, 6.45) is 1.51. The summed E-state index contributed by atoms with van der Waals surface area (Å²) in [7, 11) is 0. The summed E-state index contributed by atoms with van der Waals surface area (Å²) in [5.41, 5.74) is 1.86. The molecule has 0 fully saturated rings. The van der Waals surface area contributed by atoms with Crippen molar-refractivity contribution in [2.24, 2.45) is 5.92 Å². The second-order valence-electron chi connectivity index (χ2n) is 4.90. The second-order valence-corrected chi connectivity index (χ2v) is 6.13. The van der Waals surface area contributed by atoms with Crippen LogP contribution >= 0.6 is 11.3 Å². The van der Waals surface area contributed by atoms with E-state index in [9.17, 15) is 4.79 Å². The van der Waals surface area contributed by atoms with Crippen LogP contribution in [0.15, 0.2) is 18.2 Å². The van der Waals surface area contributed by atoms with E-state index < -0.39 is 0 Å². The van der Waals surface area contributed by atoms with Crippen molar-refractivity contribution in [3.63, 3.8) is 0 Å². The summed E-state index contributed by atoms with van der Waals surface area (Å²) < 4.78 is 1.12. The van der Waals surface area contributed by atoms with E-state index in [4.69, 9.17) is 0 Å². The van der Waals surface area contributed by atoms with Gasteiger partial charge in [-0.2, -0.15) is 0 Å². The number of hydrogen-bond acceptors (Lipinski definition) is 3. The molecule has 0 saturated carbocycles. The normalized spacial score (nSPS) is 11.1. The van der Waals surface area contributed by atoms with Crippen molar-refractivity contribution < 1.29 is 4.79 Å². The lowest BCUT2D eigenvalue weighted by molar-refractivity contribution is -0.116. The molecule has 0 aliphatic rings. The molecule has 1 N–H and O–H groups in total. The molecule has 3 nitrogen and oxygen atoms in total. The number of hydrogen-bond donors (Lipinski definition) is 1. The van der Waals surface area contributed by atoms with Crippen LogP contribution in [0, 0.1) is 12.8 Å². The predicted octanol–water partition coefficient (Wildman–Crippen LogP) is 3.98. The van der Waals surface area contributed by atoms with Crippen molar-refractivity contribution in [1.29, 1.82) is 0 Å². The van der Waals surface area contributed by atoms with Gasteiger partial charge in [0, 0.05) is 12.1 Å². The fraction of sp³-hybridized carbons (Fsp3) is 0.429. The van der Waals surface area contributed by atoms with Crippen molar-refractivity contribution in [2.45, 2.75) is 33.6 Å². The van der Waals surface area contributed by atoms with E-state index in [1.165, 1.54) is 0 Å². The standard InChI is InChI=1S/C14H18N2OS/c1-9(2)4-7-14(17)16-11-5-6-12-13(8-11)18-10(3)15-12/h5-6,8-9H,4,7H2,1-3H3,(H,16,17). The van der Waals surface area contributed by atoms with Gasteiger partial charge >= 0.3 is 0 Å². The lowest BCUT2D eigenvalue weighted by Crippen LogP contribution is -2.11. The molecule has 0 aliphatic heterocycles. The average molecular weight is 262 g/mol. The highest BCUT2D eigenvalue weighted by Gasteiger charge is 2.06. The number of nitrogens with zero attached hydrogens (tertiary/aromatic N) is 1. The molecule has 1 amide bonds. The van der Waals surface area contributed by atoms with E-state index in [2.05, 4.69) is 24.1 Å². The molecule has 0 saturated heterocycles. The number of aryl methyl sites for hydroxylation is 1. The largest absolute Gasteiger partial charge is 0.326 e. The minimum Gasteiger partial charge on any atom is -0.326 e. The number of anilines is 1. The van der Waals surface area contributed by atoms with E-state index in [-0.39, 0.29) is 5.91 Å². The van der Waals surface area contributed by atoms with Gasteiger partial charge in [-0.05, 0) is 37.5 Å². The topological polar surface area (TPSA) is 42.0 Å². The predicted molar refractivity (Wildman–Crippen MR) is 77.1 cm³/mol. The van der Waals surface area contributed by atoms with Gasteiger partial charge in [0.25, 0.3) is 0 Å². The van der Waals surface area contributed by atoms with Crippen molar-refractivity contribution in [3.05, 3.63) is 23.2 Å². The molecule has 2 rings (SSSR count). The van der Waals surface area contributed by atoms with Gasteiger partial charge in [0.1, 0.15) is 0 Å². The Balaban J connectivity index is 2.05. The summed E-state index contributed by atoms with van der Waals surface area (Å²) in [5.74, 6) is 0.645. The smallest absolute Gasteiger partial charge is 0.224 e. The molecular weight excluding hydrogens is 244 g/mol. The van der Waals surface area contributed by atoms with Gasteiger partial charge in [-0.3, -0.25) is 4.79 Å². The summed E-state index contributed by atoms with van der Waals surface area (Å²) in [6, 6.07) is 5.86. The fourth-order valence-electron chi connectivity index (χ4n) is 1.76. The zero-order valence-electron chi connectivity index (χ0n) is 11.0. The molecule has 0 bridgehead atoms. The van der Waals surface area contributed by atoms with Crippen molar-refractivity contribution >= 4 is 33.1 Å². The number of benzene rings is 1. The van der Waals surface area contributed by atoms with Crippen molar-refractivity contribution in [3.8, 4) is 0 Å². The first kappa shape index (κ1) is 13.0. The van der Waals surface area contributed by atoms with Crippen molar-refractivity contribution in [1.82, 2.24) is 4.98 Å².